The summed E-state index contributed by atoms with van der Waals surface area (Å²) in [4.78, 5) is 0. The lowest BCUT2D eigenvalue weighted by molar-refractivity contribution is 0.472. The number of nitrogens with one attached hydrogen (secondary N) is 1. The van der Waals surface area contributed by atoms with Crippen molar-refractivity contribution in [3.63, 3.8) is 0 Å². The van der Waals surface area contributed by atoms with Crippen LogP contribution in [0.4, 0.5) is 5.69 Å². The fourth-order valence-electron chi connectivity index (χ4n) is 2.80. The third-order valence-electron chi connectivity index (χ3n) is 3.77. The number of anilines is 1. The number of hydrogen-bond donors (Lipinski definition) is 2. The second-order valence-corrected chi connectivity index (χ2v) is 6.95. The van der Waals surface area contributed by atoms with Gasteiger partial charge in [-0.25, -0.2) is 0 Å². The van der Waals surface area contributed by atoms with Crippen LogP contribution in [-0.2, 0) is 6.42 Å². The van der Waals surface area contributed by atoms with E-state index in [0.29, 0.717) is 15.8 Å². The minimum Gasteiger partial charge on any atom is -0.508 e. The number of phenolic OH excluding ortho intramolecular Hbond substituents is 1. The van der Waals surface area contributed by atoms with Gasteiger partial charge in [0.05, 0.1) is 21.8 Å². The summed E-state index contributed by atoms with van der Waals surface area (Å²) in [6.07, 6.45) is 3.07. The van der Waals surface area contributed by atoms with E-state index in [1.165, 1.54) is 11.1 Å². The number of aromatic hydroxyl groups is 1. The van der Waals surface area contributed by atoms with Crippen LogP contribution in [-0.4, -0.2) is 5.11 Å². The van der Waals surface area contributed by atoms with Gasteiger partial charge >= 0.3 is 0 Å². The summed E-state index contributed by atoms with van der Waals surface area (Å²) in [5, 5.41) is 14.3. The van der Waals surface area contributed by atoms with Crippen molar-refractivity contribution in [1.29, 1.82) is 0 Å². The molecule has 1 aliphatic rings. The van der Waals surface area contributed by atoms with E-state index in [-0.39, 0.29) is 6.04 Å². The number of phenols is 1. The van der Waals surface area contributed by atoms with E-state index in [2.05, 4.69) is 21.2 Å². The Labute approximate surface area is 142 Å². The highest BCUT2D eigenvalue weighted by molar-refractivity contribution is 9.10. The summed E-state index contributed by atoms with van der Waals surface area (Å²) >= 11 is 16.0. The van der Waals surface area contributed by atoms with Crippen LogP contribution in [0, 0.1) is 0 Å². The summed E-state index contributed by atoms with van der Waals surface area (Å²) in [5.74, 6) is 0.314. The molecule has 2 aromatic rings. The Bertz CT molecular complexity index is 667. The van der Waals surface area contributed by atoms with E-state index >= 15 is 0 Å². The molecule has 0 saturated carbocycles. The smallest absolute Gasteiger partial charge is 0.115 e. The Morgan fingerprint density at radius 3 is 2.57 bits per heavy atom. The third kappa shape index (κ3) is 3.15. The van der Waals surface area contributed by atoms with Gasteiger partial charge in [-0.2, -0.15) is 0 Å². The molecule has 110 valence electrons. The number of rotatable bonds is 2. The molecular weight excluding hydrogens is 373 g/mol. The van der Waals surface area contributed by atoms with Crippen molar-refractivity contribution in [2.75, 3.05) is 5.32 Å². The fraction of sp³-hybridized carbons (Fsp3) is 0.250. The van der Waals surface area contributed by atoms with Gasteiger partial charge in [0.25, 0.3) is 0 Å². The van der Waals surface area contributed by atoms with E-state index < -0.39 is 0 Å². The van der Waals surface area contributed by atoms with Crippen molar-refractivity contribution >= 4 is 44.8 Å². The fourth-order valence-corrected chi connectivity index (χ4v) is 4.12. The van der Waals surface area contributed by atoms with E-state index in [0.717, 1.165) is 29.4 Å². The van der Waals surface area contributed by atoms with Gasteiger partial charge in [-0.05, 0) is 54.7 Å². The molecule has 0 amide bonds. The SMILES string of the molecule is Oc1ccc2c(c1)CCCC2Nc1c(Cl)cc(Br)cc1Cl. The molecule has 0 bridgehead atoms. The highest BCUT2D eigenvalue weighted by Crippen LogP contribution is 2.39. The van der Waals surface area contributed by atoms with E-state index in [1.54, 1.807) is 6.07 Å². The Morgan fingerprint density at radius 2 is 1.86 bits per heavy atom. The lowest BCUT2D eigenvalue weighted by Gasteiger charge is -2.28. The minimum absolute atomic E-state index is 0.158. The summed E-state index contributed by atoms with van der Waals surface area (Å²) in [7, 11) is 0. The normalized spacial score (nSPS) is 17.4. The zero-order chi connectivity index (χ0) is 15.0. The molecule has 0 aromatic heterocycles. The van der Waals surface area contributed by atoms with Gasteiger partial charge in [0.15, 0.2) is 0 Å². The zero-order valence-corrected chi connectivity index (χ0v) is 14.3. The average molecular weight is 387 g/mol. The molecule has 21 heavy (non-hydrogen) atoms. The molecule has 0 spiro atoms. The highest BCUT2D eigenvalue weighted by Gasteiger charge is 2.22. The van der Waals surface area contributed by atoms with Crippen molar-refractivity contribution in [2.24, 2.45) is 0 Å². The molecule has 1 aliphatic carbocycles. The molecular formula is C16H14BrCl2NO. The quantitative estimate of drug-likeness (QED) is 0.668. The maximum absolute atomic E-state index is 9.62. The third-order valence-corrected chi connectivity index (χ3v) is 4.82. The number of fused-ring (bicyclic) bond motifs is 1. The molecule has 0 heterocycles. The lowest BCUT2D eigenvalue weighted by Crippen LogP contribution is -2.17. The minimum atomic E-state index is 0.158. The lowest BCUT2D eigenvalue weighted by atomic mass is 9.87. The van der Waals surface area contributed by atoms with Crippen molar-refractivity contribution in [3.05, 3.63) is 56.0 Å². The van der Waals surface area contributed by atoms with Gasteiger partial charge in [0.2, 0.25) is 0 Å². The molecule has 2 nitrogen and oxygen atoms in total. The molecule has 5 heteroatoms. The largest absolute Gasteiger partial charge is 0.508 e. The Kier molecular flexibility index (Phi) is 4.34. The topological polar surface area (TPSA) is 32.3 Å². The Morgan fingerprint density at radius 1 is 1.14 bits per heavy atom. The van der Waals surface area contributed by atoms with Crippen LogP contribution >= 0.6 is 39.1 Å². The van der Waals surface area contributed by atoms with Gasteiger partial charge in [0.1, 0.15) is 5.75 Å². The highest BCUT2D eigenvalue weighted by atomic mass is 79.9. The van der Waals surface area contributed by atoms with E-state index in [9.17, 15) is 5.11 Å². The van der Waals surface area contributed by atoms with Crippen LogP contribution in [0.2, 0.25) is 10.0 Å². The van der Waals surface area contributed by atoms with E-state index in [1.807, 2.05) is 24.3 Å². The Hall–Kier alpha value is -0.900. The molecule has 1 atom stereocenters. The average Bonchev–Trinajstić information content (AvgIpc) is 2.42. The molecule has 0 fully saturated rings. The standard InChI is InChI=1S/C16H14BrCl2NO/c17-10-7-13(18)16(14(19)8-10)20-15-3-1-2-9-6-11(21)4-5-12(9)15/h4-8,15,20-21H,1-3H2. The van der Waals surface area contributed by atoms with Crippen LogP contribution < -0.4 is 5.32 Å². The van der Waals surface area contributed by atoms with Crippen molar-refractivity contribution < 1.29 is 5.11 Å². The van der Waals surface area contributed by atoms with Crippen LogP contribution in [0.1, 0.15) is 30.0 Å². The van der Waals surface area contributed by atoms with Crippen LogP contribution in [0.25, 0.3) is 0 Å². The second-order valence-electron chi connectivity index (χ2n) is 5.22. The van der Waals surface area contributed by atoms with Gasteiger partial charge < -0.3 is 10.4 Å². The maximum atomic E-state index is 9.62. The number of hydrogen-bond acceptors (Lipinski definition) is 2. The first kappa shape index (κ1) is 15.0. The van der Waals surface area contributed by atoms with Crippen LogP contribution in [0.3, 0.4) is 0 Å². The predicted octanol–water partition coefficient (Wildman–Crippen LogP) is 5.95. The maximum Gasteiger partial charge on any atom is 0.115 e. The molecule has 1 unspecified atom stereocenters. The Balaban J connectivity index is 1.94. The summed E-state index contributed by atoms with van der Waals surface area (Å²) < 4.78 is 0.858. The molecule has 0 radical (unpaired) electrons. The van der Waals surface area contributed by atoms with Gasteiger partial charge in [-0.15, -0.1) is 0 Å². The van der Waals surface area contributed by atoms with Crippen molar-refractivity contribution in [3.8, 4) is 5.75 Å². The number of halogens is 3. The molecule has 2 N–H and O–H groups in total. The predicted molar refractivity (Wildman–Crippen MR) is 91.6 cm³/mol. The molecule has 2 aromatic carbocycles. The second kappa shape index (κ2) is 6.07. The van der Waals surface area contributed by atoms with Crippen LogP contribution in [0.5, 0.6) is 5.75 Å². The summed E-state index contributed by atoms with van der Waals surface area (Å²) in [6, 6.07) is 9.36. The van der Waals surface area contributed by atoms with Crippen LogP contribution in [0.15, 0.2) is 34.8 Å². The first-order chi connectivity index (χ1) is 10.0. The van der Waals surface area contributed by atoms with Crippen molar-refractivity contribution in [1.82, 2.24) is 0 Å². The molecule has 0 aliphatic heterocycles. The van der Waals surface area contributed by atoms with Gasteiger partial charge in [-0.1, -0.05) is 45.2 Å². The van der Waals surface area contributed by atoms with E-state index in [4.69, 9.17) is 23.2 Å². The number of benzene rings is 2. The van der Waals surface area contributed by atoms with Gasteiger partial charge in [0, 0.05) is 4.47 Å². The summed E-state index contributed by atoms with van der Waals surface area (Å²) in [5.41, 5.74) is 3.14. The zero-order valence-electron chi connectivity index (χ0n) is 11.2. The summed E-state index contributed by atoms with van der Waals surface area (Å²) in [6.45, 7) is 0. The number of aryl methyl sites for hydroxylation is 1. The van der Waals surface area contributed by atoms with Crippen molar-refractivity contribution in [2.45, 2.75) is 25.3 Å². The monoisotopic (exact) mass is 385 g/mol. The molecule has 0 saturated heterocycles. The molecule has 3 rings (SSSR count). The van der Waals surface area contributed by atoms with Gasteiger partial charge in [-0.3, -0.25) is 0 Å². The first-order valence-electron chi connectivity index (χ1n) is 6.77. The first-order valence-corrected chi connectivity index (χ1v) is 8.32.